The molecule has 2 rings (SSSR count). The smallest absolute Gasteiger partial charge is 0.163 e. The van der Waals surface area contributed by atoms with Crippen LogP contribution in [0.2, 0.25) is 0 Å². The quantitative estimate of drug-likeness (QED) is 0.887. The number of hydrogen-bond donors (Lipinski definition) is 1. The van der Waals surface area contributed by atoms with E-state index in [2.05, 4.69) is 0 Å². The summed E-state index contributed by atoms with van der Waals surface area (Å²) in [5, 5.41) is 0. The van der Waals surface area contributed by atoms with Crippen LogP contribution in [0.5, 0.6) is 11.5 Å². The molecule has 0 aliphatic heterocycles. The third-order valence-corrected chi connectivity index (χ3v) is 2.95. The van der Waals surface area contributed by atoms with Gasteiger partial charge in [0.05, 0.1) is 12.6 Å². The Hall–Kier alpha value is -2.14. The van der Waals surface area contributed by atoms with Crippen molar-refractivity contribution in [3.63, 3.8) is 0 Å². The Morgan fingerprint density at radius 1 is 1.00 bits per heavy atom. The second-order valence-electron chi connectivity index (χ2n) is 4.46. The van der Waals surface area contributed by atoms with E-state index in [1.54, 1.807) is 24.3 Å². The van der Waals surface area contributed by atoms with Gasteiger partial charge in [0, 0.05) is 5.56 Å². The molecule has 0 bridgehead atoms. The van der Waals surface area contributed by atoms with Gasteiger partial charge >= 0.3 is 0 Å². The summed E-state index contributed by atoms with van der Waals surface area (Å²) in [6.45, 7) is 2.54. The summed E-state index contributed by atoms with van der Waals surface area (Å²) < 4.78 is 37.5. The fourth-order valence-electron chi connectivity index (χ4n) is 1.88. The van der Waals surface area contributed by atoms with E-state index >= 15 is 0 Å². The predicted octanol–water partition coefficient (Wildman–Crippen LogP) is 3.44. The highest BCUT2D eigenvalue weighted by atomic mass is 19.2. The van der Waals surface area contributed by atoms with Gasteiger partial charge in [-0.05, 0) is 37.3 Å². The summed E-state index contributed by atoms with van der Waals surface area (Å²) in [6.07, 6.45) is 0. The Morgan fingerprint density at radius 2 is 1.62 bits per heavy atom. The first-order valence-electron chi connectivity index (χ1n) is 6.67. The summed E-state index contributed by atoms with van der Waals surface area (Å²) in [7, 11) is 0. The van der Waals surface area contributed by atoms with Crippen LogP contribution in [0.4, 0.5) is 8.78 Å². The number of ether oxygens (including phenoxy) is 2. The van der Waals surface area contributed by atoms with Crippen molar-refractivity contribution in [2.24, 2.45) is 5.73 Å². The summed E-state index contributed by atoms with van der Waals surface area (Å²) in [6, 6.07) is 10.2. The lowest BCUT2D eigenvalue weighted by Crippen LogP contribution is -2.20. The van der Waals surface area contributed by atoms with Gasteiger partial charge in [-0.15, -0.1) is 0 Å². The molecule has 0 fully saturated rings. The van der Waals surface area contributed by atoms with Gasteiger partial charge in [0.2, 0.25) is 0 Å². The zero-order valence-electron chi connectivity index (χ0n) is 11.7. The normalized spacial score (nSPS) is 12.0. The van der Waals surface area contributed by atoms with E-state index in [1.165, 1.54) is 12.1 Å². The summed E-state index contributed by atoms with van der Waals surface area (Å²) in [5.74, 6) is -0.514. The van der Waals surface area contributed by atoms with Crippen molar-refractivity contribution in [2.75, 3.05) is 13.2 Å². The molecule has 112 valence electrons. The van der Waals surface area contributed by atoms with Crippen LogP contribution in [0, 0.1) is 11.6 Å². The topological polar surface area (TPSA) is 44.5 Å². The van der Waals surface area contributed by atoms with Crippen molar-refractivity contribution < 1.29 is 18.3 Å². The maximum absolute atomic E-state index is 13.6. The SMILES string of the molecule is CCOc1ccc(OCC(N)c2cccc(F)c2F)cc1. The third-order valence-electron chi connectivity index (χ3n) is 2.95. The van der Waals surface area contributed by atoms with Crippen LogP contribution in [-0.2, 0) is 0 Å². The van der Waals surface area contributed by atoms with Crippen LogP contribution in [0.25, 0.3) is 0 Å². The van der Waals surface area contributed by atoms with Gasteiger partial charge in [-0.2, -0.15) is 0 Å². The van der Waals surface area contributed by atoms with E-state index in [4.69, 9.17) is 15.2 Å². The number of nitrogens with two attached hydrogens (primary N) is 1. The van der Waals surface area contributed by atoms with Crippen molar-refractivity contribution >= 4 is 0 Å². The maximum atomic E-state index is 13.6. The molecule has 0 aliphatic carbocycles. The van der Waals surface area contributed by atoms with E-state index in [0.29, 0.717) is 12.4 Å². The van der Waals surface area contributed by atoms with Crippen LogP contribution >= 0.6 is 0 Å². The van der Waals surface area contributed by atoms with Gasteiger partial charge in [-0.25, -0.2) is 8.78 Å². The van der Waals surface area contributed by atoms with E-state index in [1.807, 2.05) is 6.92 Å². The lowest BCUT2D eigenvalue weighted by molar-refractivity contribution is 0.285. The minimum atomic E-state index is -0.930. The number of benzene rings is 2. The van der Waals surface area contributed by atoms with E-state index in [9.17, 15) is 8.78 Å². The minimum absolute atomic E-state index is 0.0500. The molecule has 0 radical (unpaired) electrons. The molecular formula is C16H17F2NO2. The van der Waals surface area contributed by atoms with Crippen LogP contribution in [0.3, 0.4) is 0 Å². The Morgan fingerprint density at radius 3 is 2.24 bits per heavy atom. The number of halogens is 2. The standard InChI is InChI=1S/C16H17F2NO2/c1-2-20-11-6-8-12(9-7-11)21-10-15(19)13-4-3-5-14(17)16(13)18/h3-9,15H,2,10,19H2,1H3. The number of rotatable bonds is 6. The first-order valence-corrected chi connectivity index (χ1v) is 6.67. The molecule has 0 saturated carbocycles. The first kappa shape index (κ1) is 15.3. The van der Waals surface area contributed by atoms with Crippen molar-refractivity contribution in [3.05, 3.63) is 59.7 Å². The van der Waals surface area contributed by atoms with Gasteiger partial charge in [-0.3, -0.25) is 0 Å². The highest BCUT2D eigenvalue weighted by Crippen LogP contribution is 2.21. The number of hydrogen-bond acceptors (Lipinski definition) is 3. The van der Waals surface area contributed by atoms with Gasteiger partial charge in [0.1, 0.15) is 18.1 Å². The van der Waals surface area contributed by atoms with Crippen LogP contribution < -0.4 is 15.2 Å². The molecule has 2 N–H and O–H groups in total. The Balaban J connectivity index is 1.97. The minimum Gasteiger partial charge on any atom is -0.494 e. The molecule has 0 spiro atoms. The molecule has 1 unspecified atom stereocenters. The highest BCUT2D eigenvalue weighted by Gasteiger charge is 2.15. The molecule has 2 aromatic rings. The first-order chi connectivity index (χ1) is 10.1. The second-order valence-corrected chi connectivity index (χ2v) is 4.46. The average molecular weight is 293 g/mol. The lowest BCUT2D eigenvalue weighted by atomic mass is 10.1. The van der Waals surface area contributed by atoms with Crippen molar-refractivity contribution in [3.8, 4) is 11.5 Å². The lowest BCUT2D eigenvalue weighted by Gasteiger charge is -2.15. The van der Waals surface area contributed by atoms with Gasteiger partial charge in [0.15, 0.2) is 11.6 Å². The molecule has 5 heteroatoms. The molecule has 0 heterocycles. The van der Waals surface area contributed by atoms with Crippen molar-refractivity contribution in [1.29, 1.82) is 0 Å². The Kier molecular flexibility index (Phi) is 5.11. The fourth-order valence-corrected chi connectivity index (χ4v) is 1.88. The molecule has 0 amide bonds. The zero-order chi connectivity index (χ0) is 15.2. The average Bonchev–Trinajstić information content (AvgIpc) is 2.49. The zero-order valence-corrected chi connectivity index (χ0v) is 11.7. The molecule has 0 aromatic heterocycles. The predicted molar refractivity (Wildman–Crippen MR) is 76.4 cm³/mol. The van der Waals surface area contributed by atoms with Crippen LogP contribution in [0.1, 0.15) is 18.5 Å². The highest BCUT2D eigenvalue weighted by molar-refractivity contribution is 5.31. The molecule has 3 nitrogen and oxygen atoms in total. The Labute approximate surface area is 122 Å². The fraction of sp³-hybridized carbons (Fsp3) is 0.250. The summed E-state index contributed by atoms with van der Waals surface area (Å²) in [4.78, 5) is 0. The second kappa shape index (κ2) is 7.04. The van der Waals surface area contributed by atoms with Crippen molar-refractivity contribution in [1.82, 2.24) is 0 Å². The summed E-state index contributed by atoms with van der Waals surface area (Å²) >= 11 is 0. The molecule has 1 atom stereocenters. The van der Waals surface area contributed by atoms with Gasteiger partial charge in [0.25, 0.3) is 0 Å². The van der Waals surface area contributed by atoms with Crippen LogP contribution in [0.15, 0.2) is 42.5 Å². The molecule has 0 aliphatic rings. The van der Waals surface area contributed by atoms with Gasteiger partial charge in [-0.1, -0.05) is 12.1 Å². The van der Waals surface area contributed by atoms with Crippen LogP contribution in [-0.4, -0.2) is 13.2 Å². The van der Waals surface area contributed by atoms with E-state index < -0.39 is 17.7 Å². The molecule has 2 aromatic carbocycles. The van der Waals surface area contributed by atoms with Crippen molar-refractivity contribution in [2.45, 2.75) is 13.0 Å². The third kappa shape index (κ3) is 3.92. The molecule has 21 heavy (non-hydrogen) atoms. The molecule has 0 saturated heterocycles. The summed E-state index contributed by atoms with van der Waals surface area (Å²) in [5.41, 5.74) is 5.93. The van der Waals surface area contributed by atoms with E-state index in [-0.39, 0.29) is 12.2 Å². The Bertz CT molecular complexity index is 587. The maximum Gasteiger partial charge on any atom is 0.163 e. The van der Waals surface area contributed by atoms with Gasteiger partial charge < -0.3 is 15.2 Å². The molecular weight excluding hydrogens is 276 g/mol. The van der Waals surface area contributed by atoms with E-state index in [0.717, 1.165) is 11.8 Å². The largest absolute Gasteiger partial charge is 0.494 e. The monoisotopic (exact) mass is 293 g/mol.